The lowest BCUT2D eigenvalue weighted by molar-refractivity contribution is 0.0566. The summed E-state index contributed by atoms with van der Waals surface area (Å²) in [5, 5.41) is 8.63. The molecule has 2 aliphatic heterocycles. The zero-order valence-corrected chi connectivity index (χ0v) is 19.3. The molecule has 0 bridgehead atoms. The van der Waals surface area contributed by atoms with Crippen LogP contribution in [0, 0.1) is 6.92 Å². The van der Waals surface area contributed by atoms with E-state index in [2.05, 4.69) is 17.2 Å². The highest BCUT2D eigenvalue weighted by Gasteiger charge is 2.26. The molecule has 5 rings (SSSR count). The van der Waals surface area contributed by atoms with Gasteiger partial charge in [-0.1, -0.05) is 0 Å². The maximum atomic E-state index is 13.1. The average Bonchev–Trinajstić information content (AvgIpc) is 3.19. The van der Waals surface area contributed by atoms with E-state index in [4.69, 9.17) is 9.84 Å². The Hall–Kier alpha value is -3.13. The summed E-state index contributed by atoms with van der Waals surface area (Å²) in [6.45, 7) is 6.25. The third-order valence-corrected chi connectivity index (χ3v) is 6.90. The molecule has 0 aliphatic carbocycles. The summed E-state index contributed by atoms with van der Waals surface area (Å²) < 4.78 is 7.56. The molecular formula is C25H31N5O3. The molecule has 2 aliphatic rings. The normalized spacial score (nSPS) is 21.3. The molecule has 8 nitrogen and oxygen atoms in total. The number of aromatic nitrogens is 3. The van der Waals surface area contributed by atoms with Gasteiger partial charge in [-0.15, -0.1) is 0 Å². The lowest BCUT2D eigenvalue weighted by atomic mass is 10.0. The van der Waals surface area contributed by atoms with Crippen molar-refractivity contribution < 1.29 is 9.53 Å². The Bertz CT molecular complexity index is 1220. The van der Waals surface area contributed by atoms with Crippen molar-refractivity contribution in [2.45, 2.75) is 58.0 Å². The zero-order chi connectivity index (χ0) is 22.9. The number of fused-ring (bicyclic) bond motifs is 1. The number of benzene rings is 1. The molecule has 0 radical (unpaired) electrons. The highest BCUT2D eigenvalue weighted by atomic mass is 16.5. The molecule has 2 N–H and O–H groups in total. The summed E-state index contributed by atoms with van der Waals surface area (Å²) in [5.41, 5.74) is 3.04. The fraction of sp³-hybridized carbons (Fsp3) is 0.480. The topological polar surface area (TPSA) is 92.2 Å². The van der Waals surface area contributed by atoms with Crippen LogP contribution in [0.15, 0.2) is 35.3 Å². The Labute approximate surface area is 192 Å². The fourth-order valence-electron chi connectivity index (χ4n) is 5.05. The largest absolute Gasteiger partial charge is 0.379 e. The van der Waals surface area contributed by atoms with Gasteiger partial charge in [0.25, 0.3) is 11.5 Å². The first kappa shape index (κ1) is 21.7. The van der Waals surface area contributed by atoms with Crippen LogP contribution in [0.5, 0.6) is 0 Å². The van der Waals surface area contributed by atoms with E-state index >= 15 is 0 Å². The van der Waals surface area contributed by atoms with Gasteiger partial charge >= 0.3 is 0 Å². The minimum absolute atomic E-state index is 0.0923. The molecule has 2 saturated heterocycles. The maximum Gasteiger partial charge on any atom is 0.261 e. The lowest BCUT2D eigenvalue weighted by Crippen LogP contribution is -2.42. The predicted octanol–water partition coefficient (Wildman–Crippen LogP) is 4.14. The van der Waals surface area contributed by atoms with E-state index in [0.717, 1.165) is 61.2 Å². The molecule has 3 aromatic rings. The molecule has 2 fully saturated rings. The molecule has 33 heavy (non-hydrogen) atoms. The molecule has 1 aromatic carbocycles. The number of carbonyl (C=O) groups is 1. The molecule has 4 heterocycles. The van der Waals surface area contributed by atoms with E-state index in [-0.39, 0.29) is 23.6 Å². The van der Waals surface area contributed by atoms with Gasteiger partial charge in [-0.25, -0.2) is 0 Å². The van der Waals surface area contributed by atoms with Crippen LogP contribution in [0.25, 0.3) is 10.9 Å². The van der Waals surface area contributed by atoms with Crippen molar-refractivity contribution >= 4 is 28.3 Å². The smallest absolute Gasteiger partial charge is 0.261 e. The third-order valence-electron chi connectivity index (χ3n) is 6.90. The molecule has 0 saturated carbocycles. The molecule has 8 heteroatoms. The standard InChI is InChI=1S/C25H31N5O3/c1-16-14-18(8-9-20(16)25(32)29-12-4-3-6-17(29)2)27-23-22-21(10-11-26-24(22)31)30(28-23)19-7-5-13-33-15-19/h8-11,14,17,19H,3-7,12-13,15H2,1-2H3,(H,26,31)(H,27,28). The van der Waals surface area contributed by atoms with Gasteiger partial charge in [-0.2, -0.15) is 5.10 Å². The number of ether oxygens (including phenoxy) is 1. The number of amides is 1. The van der Waals surface area contributed by atoms with Crippen molar-refractivity contribution in [3.63, 3.8) is 0 Å². The summed E-state index contributed by atoms with van der Waals surface area (Å²) in [6, 6.07) is 7.98. The minimum Gasteiger partial charge on any atom is -0.379 e. The third kappa shape index (κ3) is 4.15. The van der Waals surface area contributed by atoms with Crippen molar-refractivity contribution in [2.75, 3.05) is 25.1 Å². The first-order valence-electron chi connectivity index (χ1n) is 11.9. The van der Waals surface area contributed by atoms with Crippen LogP contribution in [0.3, 0.4) is 0 Å². The summed E-state index contributed by atoms with van der Waals surface area (Å²) in [5.74, 6) is 0.607. The molecule has 2 aromatic heterocycles. The van der Waals surface area contributed by atoms with Crippen LogP contribution in [0.2, 0.25) is 0 Å². The van der Waals surface area contributed by atoms with E-state index in [1.165, 1.54) is 6.42 Å². The molecule has 174 valence electrons. The SMILES string of the molecule is Cc1cc(Nc2nn(C3CCCOC3)c3cc[nH]c(=O)c23)ccc1C(=O)N1CCCCC1C. The highest BCUT2D eigenvalue weighted by molar-refractivity contribution is 5.97. The van der Waals surface area contributed by atoms with Crippen LogP contribution < -0.4 is 10.9 Å². The number of aryl methyl sites for hydroxylation is 1. The van der Waals surface area contributed by atoms with Crippen molar-refractivity contribution in [1.82, 2.24) is 19.7 Å². The summed E-state index contributed by atoms with van der Waals surface area (Å²) in [7, 11) is 0. The van der Waals surface area contributed by atoms with Crippen molar-refractivity contribution in [3.8, 4) is 0 Å². The van der Waals surface area contributed by atoms with Gasteiger partial charge in [-0.05, 0) is 75.8 Å². The molecular weight excluding hydrogens is 418 g/mol. The van der Waals surface area contributed by atoms with Crippen molar-refractivity contribution in [2.24, 2.45) is 0 Å². The van der Waals surface area contributed by atoms with Gasteiger partial charge < -0.3 is 19.9 Å². The molecule has 1 amide bonds. The van der Waals surface area contributed by atoms with Gasteiger partial charge in [0.2, 0.25) is 0 Å². The monoisotopic (exact) mass is 449 g/mol. The molecule has 2 unspecified atom stereocenters. The number of hydrogen-bond donors (Lipinski definition) is 2. The number of hydrogen-bond acceptors (Lipinski definition) is 5. The van der Waals surface area contributed by atoms with Crippen molar-refractivity contribution in [1.29, 1.82) is 0 Å². The van der Waals surface area contributed by atoms with Crippen molar-refractivity contribution in [3.05, 3.63) is 51.9 Å². The first-order valence-corrected chi connectivity index (χ1v) is 11.9. The van der Waals surface area contributed by atoms with Crippen LogP contribution in [-0.4, -0.2) is 51.4 Å². The lowest BCUT2D eigenvalue weighted by Gasteiger charge is -2.33. The molecule has 0 spiro atoms. The number of nitrogens with zero attached hydrogens (tertiary/aromatic N) is 3. The molecule has 2 atom stereocenters. The Morgan fingerprint density at radius 1 is 1.21 bits per heavy atom. The number of carbonyl (C=O) groups excluding carboxylic acids is 1. The Morgan fingerprint density at radius 2 is 2.09 bits per heavy atom. The quantitative estimate of drug-likeness (QED) is 0.624. The Balaban J connectivity index is 1.45. The van der Waals surface area contributed by atoms with Crippen LogP contribution in [0.1, 0.15) is 61.0 Å². The summed E-state index contributed by atoms with van der Waals surface area (Å²) in [6.07, 6.45) is 6.89. The second-order valence-electron chi connectivity index (χ2n) is 9.23. The second kappa shape index (κ2) is 9.02. The van der Waals surface area contributed by atoms with Gasteiger partial charge in [0.15, 0.2) is 5.82 Å². The predicted molar refractivity (Wildman–Crippen MR) is 128 cm³/mol. The second-order valence-corrected chi connectivity index (χ2v) is 9.23. The van der Waals surface area contributed by atoms with Crippen LogP contribution in [-0.2, 0) is 4.74 Å². The van der Waals surface area contributed by atoms with Crippen LogP contribution >= 0.6 is 0 Å². The van der Waals surface area contributed by atoms with E-state index < -0.39 is 0 Å². The number of pyridine rings is 1. The number of aromatic amines is 1. The first-order chi connectivity index (χ1) is 16.0. The minimum atomic E-state index is -0.180. The zero-order valence-electron chi connectivity index (χ0n) is 19.3. The van der Waals surface area contributed by atoms with E-state index in [1.807, 2.05) is 40.8 Å². The average molecular weight is 450 g/mol. The van der Waals surface area contributed by atoms with Gasteiger partial charge in [0, 0.05) is 36.6 Å². The Kier molecular flexibility index (Phi) is 5.93. The van der Waals surface area contributed by atoms with Crippen LogP contribution in [0.4, 0.5) is 11.5 Å². The summed E-state index contributed by atoms with van der Waals surface area (Å²) >= 11 is 0. The number of anilines is 2. The maximum absolute atomic E-state index is 13.1. The van der Waals surface area contributed by atoms with E-state index in [0.29, 0.717) is 17.8 Å². The number of nitrogens with one attached hydrogen (secondary N) is 2. The van der Waals surface area contributed by atoms with E-state index in [9.17, 15) is 9.59 Å². The Morgan fingerprint density at radius 3 is 2.85 bits per heavy atom. The summed E-state index contributed by atoms with van der Waals surface area (Å²) in [4.78, 5) is 30.6. The fourth-order valence-corrected chi connectivity index (χ4v) is 5.05. The number of rotatable bonds is 4. The number of H-pyrrole nitrogens is 1. The number of piperidine rings is 1. The van der Waals surface area contributed by atoms with Gasteiger partial charge in [0.1, 0.15) is 5.39 Å². The van der Waals surface area contributed by atoms with Gasteiger partial charge in [-0.3, -0.25) is 14.3 Å². The van der Waals surface area contributed by atoms with Gasteiger partial charge in [0.05, 0.1) is 18.2 Å². The number of likely N-dealkylation sites (tertiary alicyclic amines) is 1. The van der Waals surface area contributed by atoms with E-state index in [1.54, 1.807) is 6.20 Å². The highest BCUT2D eigenvalue weighted by Crippen LogP contribution is 2.29.